The molecule has 9 heteroatoms. The molecule has 0 bridgehead atoms. The van der Waals surface area contributed by atoms with Gasteiger partial charge in [0.05, 0.1) is 17.1 Å². The van der Waals surface area contributed by atoms with Crippen LogP contribution in [-0.2, 0) is 4.79 Å². The summed E-state index contributed by atoms with van der Waals surface area (Å²) in [5.41, 5.74) is 9.51. The van der Waals surface area contributed by atoms with Crippen molar-refractivity contribution < 1.29 is 9.59 Å². The van der Waals surface area contributed by atoms with Crippen molar-refractivity contribution in [3.05, 3.63) is 114 Å². The van der Waals surface area contributed by atoms with Crippen molar-refractivity contribution in [2.75, 3.05) is 33.2 Å². The normalized spacial score (nSPS) is 17.5. The lowest BCUT2D eigenvalue weighted by atomic mass is 9.90. The average Bonchev–Trinajstić information content (AvgIpc) is 3.22. The van der Waals surface area contributed by atoms with Gasteiger partial charge in [-0.1, -0.05) is 78.9 Å². The fraction of sp³-hybridized carbons (Fsp3) is 0.314. The summed E-state index contributed by atoms with van der Waals surface area (Å²) in [5, 5.41) is 10.7. The lowest BCUT2D eigenvalue weighted by Gasteiger charge is -2.29. The SMILES string of the molecule is CN=C(N)NCCCC1NC(CNC(=O)c2cnc3ccccc3c2)CCN(CC(c2ccccc2)c2ccccc2)C1=O. The van der Waals surface area contributed by atoms with Crippen molar-refractivity contribution in [3.63, 3.8) is 0 Å². The van der Waals surface area contributed by atoms with Crippen molar-refractivity contribution in [1.82, 2.24) is 25.8 Å². The van der Waals surface area contributed by atoms with Crippen LogP contribution in [0.1, 0.15) is 46.7 Å². The molecule has 9 nitrogen and oxygen atoms in total. The highest BCUT2D eigenvalue weighted by molar-refractivity contribution is 5.97. The average molecular weight is 592 g/mol. The van der Waals surface area contributed by atoms with Crippen molar-refractivity contribution in [2.45, 2.75) is 37.3 Å². The Balaban J connectivity index is 1.30. The Kier molecular flexibility index (Phi) is 10.5. The molecule has 5 N–H and O–H groups in total. The summed E-state index contributed by atoms with van der Waals surface area (Å²) in [4.78, 5) is 37.5. The topological polar surface area (TPSA) is 125 Å². The van der Waals surface area contributed by atoms with Crippen LogP contribution in [0.15, 0.2) is 102 Å². The molecule has 0 aliphatic carbocycles. The predicted octanol–water partition coefficient (Wildman–Crippen LogP) is 3.67. The number of nitrogens with two attached hydrogens (primary N) is 1. The summed E-state index contributed by atoms with van der Waals surface area (Å²) in [6.07, 6.45) is 3.68. The van der Waals surface area contributed by atoms with E-state index >= 15 is 0 Å². The minimum atomic E-state index is -0.393. The zero-order valence-corrected chi connectivity index (χ0v) is 25.2. The van der Waals surface area contributed by atoms with Crippen molar-refractivity contribution >= 4 is 28.7 Å². The second-order valence-corrected chi connectivity index (χ2v) is 11.2. The Labute approximate surface area is 259 Å². The second-order valence-electron chi connectivity index (χ2n) is 11.2. The second kappa shape index (κ2) is 15.1. The fourth-order valence-corrected chi connectivity index (χ4v) is 5.74. The van der Waals surface area contributed by atoms with Gasteiger partial charge in [0, 0.05) is 56.8 Å². The maximum absolute atomic E-state index is 14.1. The first-order chi connectivity index (χ1) is 21.5. The number of pyridine rings is 1. The van der Waals surface area contributed by atoms with Crippen LogP contribution in [0.25, 0.3) is 10.9 Å². The van der Waals surface area contributed by atoms with Gasteiger partial charge in [0.1, 0.15) is 0 Å². The predicted molar refractivity (Wildman–Crippen MR) is 175 cm³/mol. The van der Waals surface area contributed by atoms with Crippen LogP contribution in [0, 0.1) is 0 Å². The minimum absolute atomic E-state index is 0.0425. The monoisotopic (exact) mass is 591 g/mol. The zero-order valence-electron chi connectivity index (χ0n) is 25.2. The Morgan fingerprint density at radius 3 is 2.41 bits per heavy atom. The molecule has 2 heterocycles. The molecular formula is C35H41N7O2. The number of nitrogens with zero attached hydrogens (tertiary/aromatic N) is 3. The van der Waals surface area contributed by atoms with E-state index in [9.17, 15) is 9.59 Å². The third-order valence-corrected chi connectivity index (χ3v) is 8.18. The molecule has 3 aromatic carbocycles. The smallest absolute Gasteiger partial charge is 0.252 e. The molecule has 4 aromatic rings. The van der Waals surface area contributed by atoms with Crippen LogP contribution in [0.2, 0.25) is 0 Å². The summed E-state index contributed by atoms with van der Waals surface area (Å²) in [6, 6.07) is 29.8. The van der Waals surface area contributed by atoms with E-state index in [2.05, 4.69) is 50.2 Å². The third-order valence-electron chi connectivity index (χ3n) is 8.18. The molecule has 1 aliphatic heterocycles. The van der Waals surface area contributed by atoms with Crippen LogP contribution >= 0.6 is 0 Å². The molecule has 5 rings (SSSR count). The minimum Gasteiger partial charge on any atom is -0.370 e. The summed E-state index contributed by atoms with van der Waals surface area (Å²) in [7, 11) is 1.64. The van der Waals surface area contributed by atoms with Crippen LogP contribution in [-0.4, -0.2) is 73.0 Å². The highest BCUT2D eigenvalue weighted by Crippen LogP contribution is 2.27. The van der Waals surface area contributed by atoms with Gasteiger partial charge >= 0.3 is 0 Å². The van der Waals surface area contributed by atoms with Gasteiger partial charge in [-0.05, 0) is 42.5 Å². The lowest BCUT2D eigenvalue weighted by molar-refractivity contribution is -0.133. The van der Waals surface area contributed by atoms with Crippen molar-refractivity contribution in [1.29, 1.82) is 0 Å². The van der Waals surface area contributed by atoms with Gasteiger partial charge in [-0.2, -0.15) is 0 Å². The van der Waals surface area contributed by atoms with Crippen molar-refractivity contribution in [3.8, 4) is 0 Å². The quantitative estimate of drug-likeness (QED) is 0.120. The molecule has 1 fully saturated rings. The molecule has 0 radical (unpaired) electrons. The van der Waals surface area contributed by atoms with E-state index in [1.807, 2.05) is 71.6 Å². The van der Waals surface area contributed by atoms with Crippen LogP contribution in [0.5, 0.6) is 0 Å². The van der Waals surface area contributed by atoms with Gasteiger partial charge in [0.15, 0.2) is 5.96 Å². The van der Waals surface area contributed by atoms with Gasteiger partial charge in [-0.3, -0.25) is 19.6 Å². The largest absolute Gasteiger partial charge is 0.370 e. The van der Waals surface area contributed by atoms with Crippen LogP contribution in [0.3, 0.4) is 0 Å². The molecular weight excluding hydrogens is 550 g/mol. The van der Waals surface area contributed by atoms with Gasteiger partial charge in [0.25, 0.3) is 5.91 Å². The van der Waals surface area contributed by atoms with Gasteiger partial charge < -0.3 is 26.6 Å². The zero-order chi connectivity index (χ0) is 30.7. The first-order valence-electron chi connectivity index (χ1n) is 15.3. The van der Waals surface area contributed by atoms with Crippen LogP contribution in [0.4, 0.5) is 0 Å². The number of carbonyl (C=O) groups is 2. The van der Waals surface area contributed by atoms with Crippen LogP contribution < -0.4 is 21.7 Å². The number of guanidine groups is 1. The third kappa shape index (κ3) is 7.99. The summed E-state index contributed by atoms with van der Waals surface area (Å²) < 4.78 is 0. The Bertz CT molecular complexity index is 1520. The Hall–Kier alpha value is -4.76. The Morgan fingerprint density at radius 1 is 1.02 bits per heavy atom. The standard InChI is InChI=1S/C35H41N7O2/c1-37-35(36)38-19-10-17-32-34(44)42(24-30(25-11-4-2-5-12-25)26-13-6-3-7-14-26)20-18-29(41-32)23-40-33(43)28-21-27-15-8-9-16-31(27)39-22-28/h2-9,11-16,21-22,29-30,32,41H,10,17-20,23-24H2,1H3,(H,40,43)(H3,36,37,38). The maximum atomic E-state index is 14.1. The Morgan fingerprint density at radius 2 is 1.70 bits per heavy atom. The number of carbonyl (C=O) groups excluding carboxylic acids is 2. The molecule has 1 aromatic heterocycles. The lowest BCUT2D eigenvalue weighted by Crippen LogP contribution is -2.49. The number of nitrogens with one attached hydrogen (secondary N) is 3. The van der Waals surface area contributed by atoms with E-state index in [1.54, 1.807) is 13.2 Å². The summed E-state index contributed by atoms with van der Waals surface area (Å²) in [6.45, 7) is 2.17. The molecule has 1 saturated heterocycles. The number of para-hydroxylation sites is 1. The van der Waals surface area contributed by atoms with E-state index in [1.165, 1.54) is 11.1 Å². The molecule has 2 atom stereocenters. The van der Waals surface area contributed by atoms with Gasteiger partial charge in [-0.25, -0.2) is 0 Å². The highest BCUT2D eigenvalue weighted by atomic mass is 16.2. The number of hydrogen-bond acceptors (Lipinski definition) is 5. The first kappa shape index (κ1) is 30.7. The number of amides is 2. The number of aliphatic imine (C=N–C) groups is 1. The maximum Gasteiger partial charge on any atom is 0.252 e. The molecule has 1 aliphatic rings. The first-order valence-corrected chi connectivity index (χ1v) is 15.3. The van der Waals surface area contributed by atoms with E-state index in [-0.39, 0.29) is 23.8 Å². The summed E-state index contributed by atoms with van der Waals surface area (Å²) in [5.74, 6) is 0.317. The number of rotatable bonds is 11. The fourth-order valence-electron chi connectivity index (χ4n) is 5.74. The molecule has 0 saturated carbocycles. The molecule has 0 spiro atoms. The number of hydrogen-bond donors (Lipinski definition) is 4. The van der Waals surface area contributed by atoms with E-state index in [4.69, 9.17) is 5.73 Å². The molecule has 2 amide bonds. The number of fused-ring (bicyclic) bond motifs is 1. The molecule has 44 heavy (non-hydrogen) atoms. The molecule has 228 valence electrons. The number of benzene rings is 3. The van der Waals surface area contributed by atoms with E-state index < -0.39 is 6.04 Å². The van der Waals surface area contributed by atoms with E-state index in [0.29, 0.717) is 50.5 Å². The number of aromatic nitrogens is 1. The molecule has 2 unspecified atom stereocenters. The van der Waals surface area contributed by atoms with Crippen molar-refractivity contribution in [2.24, 2.45) is 10.7 Å². The van der Waals surface area contributed by atoms with Gasteiger partial charge in [-0.15, -0.1) is 0 Å². The van der Waals surface area contributed by atoms with E-state index in [0.717, 1.165) is 17.3 Å². The summed E-state index contributed by atoms with van der Waals surface area (Å²) >= 11 is 0. The van der Waals surface area contributed by atoms with Gasteiger partial charge in [0.2, 0.25) is 5.91 Å². The highest BCUT2D eigenvalue weighted by Gasteiger charge is 2.32.